The molecule has 0 aromatic heterocycles. The van der Waals surface area contributed by atoms with Crippen LogP contribution in [0.3, 0.4) is 0 Å². The summed E-state index contributed by atoms with van der Waals surface area (Å²) in [6.45, 7) is 1.92. The predicted octanol–water partition coefficient (Wildman–Crippen LogP) is 3.78. The molecule has 31 heavy (non-hydrogen) atoms. The number of amides is 2. The highest BCUT2D eigenvalue weighted by Crippen LogP contribution is 2.64. The normalized spacial score (nSPS) is 27.6. The lowest BCUT2D eigenvalue weighted by atomic mass is 9.51. The van der Waals surface area contributed by atoms with Gasteiger partial charge in [0.05, 0.1) is 11.6 Å². The molecule has 7 rings (SSSR count). The fourth-order valence-corrected chi connectivity index (χ4v) is 5.99. The van der Waals surface area contributed by atoms with E-state index in [0.29, 0.717) is 16.8 Å². The molecular formula is C25H18N2O4. The van der Waals surface area contributed by atoms with Crippen molar-refractivity contribution in [1.82, 2.24) is 0 Å². The number of aryl methyl sites for hydroxylation is 1. The Morgan fingerprint density at radius 3 is 1.94 bits per heavy atom. The van der Waals surface area contributed by atoms with E-state index >= 15 is 0 Å². The van der Waals surface area contributed by atoms with Crippen molar-refractivity contribution in [2.75, 3.05) is 4.90 Å². The third-order valence-electron chi connectivity index (χ3n) is 7.15. The zero-order chi connectivity index (χ0) is 21.5. The molecule has 152 valence electrons. The second-order valence-electron chi connectivity index (χ2n) is 8.53. The van der Waals surface area contributed by atoms with E-state index in [9.17, 15) is 19.7 Å². The van der Waals surface area contributed by atoms with Crippen molar-refractivity contribution in [3.63, 3.8) is 0 Å². The first-order chi connectivity index (χ1) is 15.0. The Kier molecular flexibility index (Phi) is 3.41. The van der Waals surface area contributed by atoms with Crippen molar-refractivity contribution in [2.24, 2.45) is 11.8 Å². The van der Waals surface area contributed by atoms with Gasteiger partial charge in [0.1, 0.15) is 5.92 Å². The van der Waals surface area contributed by atoms with Gasteiger partial charge in [0.25, 0.3) is 5.54 Å². The molecule has 2 amide bonds. The van der Waals surface area contributed by atoms with E-state index in [1.54, 1.807) is 36.4 Å². The summed E-state index contributed by atoms with van der Waals surface area (Å²) >= 11 is 0. The molecule has 0 N–H and O–H groups in total. The highest BCUT2D eigenvalue weighted by molar-refractivity contribution is 6.23. The van der Waals surface area contributed by atoms with Crippen LogP contribution in [0.4, 0.5) is 5.69 Å². The first-order valence-corrected chi connectivity index (χ1v) is 10.3. The summed E-state index contributed by atoms with van der Waals surface area (Å²) in [5, 5.41) is 12.9. The number of rotatable bonds is 2. The van der Waals surface area contributed by atoms with E-state index in [-0.39, 0.29) is 16.7 Å². The molecular weight excluding hydrogens is 392 g/mol. The number of benzene rings is 3. The number of hydrogen-bond donors (Lipinski definition) is 0. The zero-order valence-electron chi connectivity index (χ0n) is 16.7. The van der Waals surface area contributed by atoms with Gasteiger partial charge in [-0.15, -0.1) is 0 Å². The summed E-state index contributed by atoms with van der Waals surface area (Å²) in [6.07, 6.45) is 0. The number of imide groups is 1. The van der Waals surface area contributed by atoms with Crippen molar-refractivity contribution < 1.29 is 14.5 Å². The zero-order valence-corrected chi connectivity index (χ0v) is 16.7. The van der Waals surface area contributed by atoms with E-state index in [1.165, 1.54) is 0 Å². The quantitative estimate of drug-likeness (QED) is 0.366. The molecule has 3 aromatic rings. The standard InChI is InChI=1S/C25H18N2O4/c1-14-10-12-15(13-11-14)26-23(28)21-20-16-6-2-4-8-18(16)25(27(30)31,22(21)24(26)29)19-9-5-3-7-17(19)20/h2-13,20-22H,1H3/t20?,21-,22-,25?/m1/s1. The van der Waals surface area contributed by atoms with E-state index in [4.69, 9.17) is 0 Å². The summed E-state index contributed by atoms with van der Waals surface area (Å²) < 4.78 is 0. The molecule has 6 nitrogen and oxygen atoms in total. The lowest BCUT2D eigenvalue weighted by Gasteiger charge is -2.48. The van der Waals surface area contributed by atoms with Crippen LogP contribution in [0.2, 0.25) is 0 Å². The van der Waals surface area contributed by atoms with Gasteiger partial charge in [0.2, 0.25) is 11.8 Å². The molecule has 1 saturated heterocycles. The molecule has 1 heterocycles. The van der Waals surface area contributed by atoms with Gasteiger partial charge in [-0.25, -0.2) is 4.90 Å². The summed E-state index contributed by atoms with van der Waals surface area (Å²) in [6, 6.07) is 21.5. The van der Waals surface area contributed by atoms with Gasteiger partial charge in [-0.05, 0) is 30.2 Å². The highest BCUT2D eigenvalue weighted by Gasteiger charge is 2.74. The fraction of sp³-hybridized carbons (Fsp3) is 0.200. The summed E-state index contributed by atoms with van der Waals surface area (Å²) in [4.78, 5) is 41.1. The minimum absolute atomic E-state index is 0.346. The lowest BCUT2D eigenvalue weighted by molar-refractivity contribution is -0.578. The first-order valence-electron chi connectivity index (χ1n) is 10.3. The van der Waals surface area contributed by atoms with Crippen LogP contribution in [0.1, 0.15) is 33.7 Å². The molecule has 3 aromatic carbocycles. The Morgan fingerprint density at radius 2 is 1.39 bits per heavy atom. The van der Waals surface area contributed by atoms with Gasteiger partial charge >= 0.3 is 0 Å². The maximum atomic E-state index is 13.8. The van der Waals surface area contributed by atoms with Crippen LogP contribution in [0, 0.1) is 28.9 Å². The second-order valence-corrected chi connectivity index (χ2v) is 8.53. The molecule has 0 spiro atoms. The van der Waals surface area contributed by atoms with Crippen molar-refractivity contribution in [3.8, 4) is 0 Å². The number of nitrogens with zero attached hydrogens (tertiary/aromatic N) is 2. The Hall–Kier alpha value is -3.80. The molecule has 2 atom stereocenters. The van der Waals surface area contributed by atoms with Gasteiger partial charge < -0.3 is 0 Å². The van der Waals surface area contributed by atoms with Crippen molar-refractivity contribution in [1.29, 1.82) is 0 Å². The molecule has 4 aliphatic rings. The van der Waals surface area contributed by atoms with Crippen LogP contribution in [0.25, 0.3) is 0 Å². The maximum Gasteiger partial charge on any atom is 0.285 e. The molecule has 0 saturated carbocycles. The molecule has 3 aliphatic carbocycles. The monoisotopic (exact) mass is 410 g/mol. The van der Waals surface area contributed by atoms with Crippen LogP contribution in [-0.2, 0) is 15.1 Å². The van der Waals surface area contributed by atoms with Crippen LogP contribution < -0.4 is 4.90 Å². The molecule has 1 aliphatic heterocycles. The van der Waals surface area contributed by atoms with Crippen LogP contribution in [0.5, 0.6) is 0 Å². The smallest absolute Gasteiger partial charge is 0.274 e. The molecule has 0 radical (unpaired) electrons. The maximum absolute atomic E-state index is 13.8. The first kappa shape index (κ1) is 18.0. The van der Waals surface area contributed by atoms with Crippen molar-refractivity contribution in [2.45, 2.75) is 18.4 Å². The number of anilines is 1. The lowest BCUT2D eigenvalue weighted by Crippen LogP contribution is -2.57. The SMILES string of the molecule is Cc1ccc(N2C(=O)[C@@H]3C4c5ccccc5C([N+](=O)[O-])(c5ccccc54)[C@H]3C2=O)cc1. The third kappa shape index (κ3) is 1.97. The minimum atomic E-state index is -1.78. The average Bonchev–Trinajstić information content (AvgIpc) is 3.05. The fourth-order valence-electron chi connectivity index (χ4n) is 5.99. The van der Waals surface area contributed by atoms with Gasteiger partial charge in [-0.2, -0.15) is 0 Å². The van der Waals surface area contributed by atoms with Crippen LogP contribution in [0.15, 0.2) is 72.8 Å². The Bertz CT molecular complexity index is 1250. The number of carbonyl (C=O) groups is 2. The number of nitro groups is 1. The van der Waals surface area contributed by atoms with Crippen LogP contribution in [-0.4, -0.2) is 16.7 Å². The highest BCUT2D eigenvalue weighted by atomic mass is 16.6. The topological polar surface area (TPSA) is 80.5 Å². The van der Waals surface area contributed by atoms with Gasteiger partial charge in [0, 0.05) is 22.0 Å². The van der Waals surface area contributed by atoms with Gasteiger partial charge in [-0.3, -0.25) is 19.7 Å². The van der Waals surface area contributed by atoms with Crippen molar-refractivity contribution in [3.05, 3.63) is 111 Å². The molecule has 0 unspecified atom stereocenters. The van der Waals surface area contributed by atoms with E-state index in [2.05, 4.69) is 0 Å². The number of hydrogen-bond acceptors (Lipinski definition) is 4. The predicted molar refractivity (Wildman–Crippen MR) is 113 cm³/mol. The minimum Gasteiger partial charge on any atom is -0.274 e. The largest absolute Gasteiger partial charge is 0.285 e. The summed E-state index contributed by atoms with van der Waals surface area (Å²) in [7, 11) is 0. The summed E-state index contributed by atoms with van der Waals surface area (Å²) in [5.74, 6) is -3.12. The Morgan fingerprint density at radius 1 is 0.839 bits per heavy atom. The van der Waals surface area contributed by atoms with Gasteiger partial charge in [0.15, 0.2) is 0 Å². The molecule has 1 fully saturated rings. The average molecular weight is 410 g/mol. The van der Waals surface area contributed by atoms with E-state index in [1.807, 2.05) is 43.3 Å². The molecule has 6 heteroatoms. The van der Waals surface area contributed by atoms with E-state index in [0.717, 1.165) is 21.6 Å². The van der Waals surface area contributed by atoms with Crippen LogP contribution >= 0.6 is 0 Å². The third-order valence-corrected chi connectivity index (χ3v) is 7.15. The van der Waals surface area contributed by atoms with E-state index < -0.39 is 23.3 Å². The second kappa shape index (κ2) is 5.88. The Balaban J connectivity index is 1.67. The summed E-state index contributed by atoms with van der Waals surface area (Å²) in [5.41, 5.74) is 2.27. The Labute approximate surface area is 178 Å². The van der Waals surface area contributed by atoms with Crippen molar-refractivity contribution >= 4 is 17.5 Å². The number of carbonyl (C=O) groups excluding carboxylic acids is 2. The van der Waals surface area contributed by atoms with Gasteiger partial charge in [-0.1, -0.05) is 66.2 Å². The molecule has 2 bridgehead atoms.